The standard InChI is InChI=1S/C22H33N5O5S/c1-4-11-26-17-18(21(28)23-10-16-31-3)22(24-26)33(29,30)27-14-12-25(13-15-27)19-8-6-7-9-20(19)32-5-2/h6-9,17H,4-5,10-16H2,1-3H3,(H,23,28). The zero-order valence-electron chi connectivity index (χ0n) is 19.5. The van der Waals surface area contributed by atoms with Crippen LogP contribution in [0.5, 0.6) is 5.75 Å². The highest BCUT2D eigenvalue weighted by atomic mass is 32.2. The van der Waals surface area contributed by atoms with Crippen molar-refractivity contribution in [1.82, 2.24) is 19.4 Å². The summed E-state index contributed by atoms with van der Waals surface area (Å²) >= 11 is 0. The molecule has 1 aromatic carbocycles. The first-order valence-electron chi connectivity index (χ1n) is 11.2. The van der Waals surface area contributed by atoms with Gasteiger partial charge in [0.2, 0.25) is 5.03 Å². The number of para-hydroxylation sites is 2. The van der Waals surface area contributed by atoms with E-state index in [9.17, 15) is 13.2 Å². The molecule has 0 spiro atoms. The number of amides is 1. The smallest absolute Gasteiger partial charge is 0.263 e. The lowest BCUT2D eigenvalue weighted by atomic mass is 10.2. The third-order valence-corrected chi connectivity index (χ3v) is 7.18. The Bertz CT molecular complexity index is 1030. The van der Waals surface area contributed by atoms with Gasteiger partial charge in [-0.1, -0.05) is 19.1 Å². The quantitative estimate of drug-likeness (QED) is 0.488. The van der Waals surface area contributed by atoms with Crippen LogP contribution >= 0.6 is 0 Å². The molecular formula is C22H33N5O5S. The molecule has 11 heteroatoms. The number of aromatic nitrogens is 2. The van der Waals surface area contributed by atoms with E-state index in [1.54, 1.807) is 0 Å². The highest BCUT2D eigenvalue weighted by molar-refractivity contribution is 7.89. The fraction of sp³-hybridized carbons (Fsp3) is 0.545. The molecule has 1 amide bonds. The second kappa shape index (κ2) is 11.5. The number of rotatable bonds is 11. The topological polar surface area (TPSA) is 106 Å². The van der Waals surface area contributed by atoms with Crippen LogP contribution in [0, 0.1) is 0 Å². The number of ether oxygens (including phenoxy) is 2. The molecule has 1 aromatic heterocycles. The van der Waals surface area contributed by atoms with Gasteiger partial charge in [0.05, 0.1) is 24.5 Å². The molecule has 182 valence electrons. The lowest BCUT2D eigenvalue weighted by Gasteiger charge is -2.35. The van der Waals surface area contributed by atoms with Gasteiger partial charge in [-0.2, -0.15) is 9.40 Å². The average molecular weight is 480 g/mol. The molecule has 0 aliphatic carbocycles. The number of sulfonamides is 1. The van der Waals surface area contributed by atoms with Gasteiger partial charge in [-0.25, -0.2) is 8.42 Å². The van der Waals surface area contributed by atoms with Gasteiger partial charge in [-0.3, -0.25) is 9.48 Å². The molecule has 1 saturated heterocycles. The van der Waals surface area contributed by atoms with Crippen LogP contribution in [0.2, 0.25) is 0 Å². The molecule has 3 rings (SSSR count). The molecule has 2 aromatic rings. The van der Waals surface area contributed by atoms with Crippen molar-refractivity contribution in [2.45, 2.75) is 31.8 Å². The highest BCUT2D eigenvalue weighted by Crippen LogP contribution is 2.30. The van der Waals surface area contributed by atoms with Crippen molar-refractivity contribution in [3.05, 3.63) is 36.0 Å². The van der Waals surface area contributed by atoms with E-state index in [1.165, 1.54) is 22.3 Å². The van der Waals surface area contributed by atoms with E-state index in [-0.39, 0.29) is 30.2 Å². The van der Waals surface area contributed by atoms with E-state index < -0.39 is 15.9 Å². The number of anilines is 1. The van der Waals surface area contributed by atoms with E-state index in [4.69, 9.17) is 9.47 Å². The van der Waals surface area contributed by atoms with Crippen LogP contribution in [0.3, 0.4) is 0 Å². The number of methoxy groups -OCH3 is 1. The van der Waals surface area contributed by atoms with Crippen molar-refractivity contribution >= 4 is 21.6 Å². The van der Waals surface area contributed by atoms with E-state index in [0.717, 1.165) is 17.9 Å². The number of hydrogen-bond acceptors (Lipinski definition) is 7. The van der Waals surface area contributed by atoms with Crippen molar-refractivity contribution in [2.24, 2.45) is 0 Å². The van der Waals surface area contributed by atoms with Crippen molar-refractivity contribution in [1.29, 1.82) is 0 Å². The monoisotopic (exact) mass is 479 g/mol. The predicted octanol–water partition coefficient (Wildman–Crippen LogP) is 1.58. The summed E-state index contributed by atoms with van der Waals surface area (Å²) in [4.78, 5) is 14.8. The molecule has 33 heavy (non-hydrogen) atoms. The lowest BCUT2D eigenvalue weighted by molar-refractivity contribution is 0.0933. The molecule has 0 atom stereocenters. The summed E-state index contributed by atoms with van der Waals surface area (Å²) < 4.78 is 40.6. The maximum absolute atomic E-state index is 13.5. The van der Waals surface area contributed by atoms with E-state index in [2.05, 4.69) is 15.3 Å². The molecule has 2 heterocycles. The Kier molecular flexibility index (Phi) is 8.70. The summed E-state index contributed by atoms with van der Waals surface area (Å²) in [5, 5.41) is 6.77. The van der Waals surface area contributed by atoms with Crippen LogP contribution in [0.1, 0.15) is 30.6 Å². The number of carbonyl (C=O) groups excluding carboxylic acids is 1. The maximum Gasteiger partial charge on any atom is 0.263 e. The molecule has 1 fully saturated rings. The largest absolute Gasteiger partial charge is 0.492 e. The Morgan fingerprint density at radius 1 is 1.15 bits per heavy atom. The normalized spacial score (nSPS) is 14.9. The Labute approximate surface area is 195 Å². The zero-order valence-corrected chi connectivity index (χ0v) is 20.3. The fourth-order valence-corrected chi connectivity index (χ4v) is 5.26. The van der Waals surface area contributed by atoms with Gasteiger partial charge in [0, 0.05) is 52.6 Å². The van der Waals surface area contributed by atoms with Crippen molar-refractivity contribution < 1.29 is 22.7 Å². The molecule has 10 nitrogen and oxygen atoms in total. The molecule has 1 N–H and O–H groups in total. The van der Waals surface area contributed by atoms with Crippen molar-refractivity contribution in [3.63, 3.8) is 0 Å². The molecular weight excluding hydrogens is 446 g/mol. The number of hydrogen-bond donors (Lipinski definition) is 1. The summed E-state index contributed by atoms with van der Waals surface area (Å²) in [5.41, 5.74) is 1.01. The van der Waals surface area contributed by atoms with Crippen LogP contribution in [-0.4, -0.2) is 81.5 Å². The molecule has 0 unspecified atom stereocenters. The second-order valence-electron chi connectivity index (χ2n) is 7.65. The highest BCUT2D eigenvalue weighted by Gasteiger charge is 2.35. The van der Waals surface area contributed by atoms with Gasteiger partial charge < -0.3 is 19.7 Å². The van der Waals surface area contributed by atoms with Crippen molar-refractivity contribution in [2.75, 3.05) is 57.9 Å². The second-order valence-corrected chi connectivity index (χ2v) is 9.50. The number of aryl methyl sites for hydroxylation is 1. The molecule has 1 aliphatic rings. The minimum Gasteiger partial charge on any atom is -0.492 e. The Morgan fingerprint density at radius 3 is 2.55 bits per heavy atom. The number of nitrogens with one attached hydrogen (secondary N) is 1. The summed E-state index contributed by atoms with van der Waals surface area (Å²) in [5.74, 6) is 0.307. The van der Waals surface area contributed by atoms with E-state index >= 15 is 0 Å². The molecule has 0 saturated carbocycles. The van der Waals surface area contributed by atoms with Crippen LogP contribution in [0.4, 0.5) is 5.69 Å². The summed E-state index contributed by atoms with van der Waals surface area (Å²) in [6.45, 7) is 7.19. The molecule has 1 aliphatic heterocycles. The zero-order chi connectivity index (χ0) is 23.8. The molecule has 0 bridgehead atoms. The minimum absolute atomic E-state index is 0.0590. The first kappa shape index (κ1) is 25.0. The van der Waals surface area contributed by atoms with Crippen LogP contribution in [0.15, 0.2) is 35.5 Å². The maximum atomic E-state index is 13.5. The van der Waals surface area contributed by atoms with Gasteiger partial charge in [-0.15, -0.1) is 0 Å². The van der Waals surface area contributed by atoms with Crippen molar-refractivity contribution in [3.8, 4) is 5.75 Å². The first-order chi connectivity index (χ1) is 15.9. The first-order valence-corrected chi connectivity index (χ1v) is 12.7. The van der Waals surface area contributed by atoms with Gasteiger partial charge in [0.15, 0.2) is 0 Å². The van der Waals surface area contributed by atoms with Gasteiger partial charge in [0.25, 0.3) is 15.9 Å². The number of piperazine rings is 1. The van der Waals surface area contributed by atoms with Crippen LogP contribution < -0.4 is 15.0 Å². The Morgan fingerprint density at radius 2 is 1.88 bits per heavy atom. The van der Waals surface area contributed by atoms with E-state index in [0.29, 0.717) is 32.8 Å². The summed E-state index contributed by atoms with van der Waals surface area (Å²) in [6.07, 6.45) is 2.27. The van der Waals surface area contributed by atoms with Gasteiger partial charge >= 0.3 is 0 Å². The Hall–Kier alpha value is -2.63. The molecule has 0 radical (unpaired) electrons. The third-order valence-electron chi connectivity index (χ3n) is 5.35. The van der Waals surface area contributed by atoms with Gasteiger partial charge in [0.1, 0.15) is 5.75 Å². The van der Waals surface area contributed by atoms with Crippen LogP contribution in [-0.2, 0) is 21.3 Å². The number of carbonyl (C=O) groups is 1. The summed E-state index contributed by atoms with van der Waals surface area (Å²) in [6, 6.07) is 7.75. The van der Waals surface area contributed by atoms with Crippen LogP contribution in [0.25, 0.3) is 0 Å². The number of nitrogens with zero attached hydrogens (tertiary/aromatic N) is 4. The minimum atomic E-state index is -3.94. The fourth-order valence-electron chi connectivity index (χ4n) is 3.74. The lowest BCUT2D eigenvalue weighted by Crippen LogP contribution is -2.49. The Balaban J connectivity index is 1.78. The third kappa shape index (κ3) is 5.84. The SMILES string of the molecule is CCCn1cc(C(=O)NCCOC)c(S(=O)(=O)N2CCN(c3ccccc3OCC)CC2)n1. The predicted molar refractivity (Wildman–Crippen MR) is 125 cm³/mol. The number of benzene rings is 1. The van der Waals surface area contributed by atoms with E-state index in [1.807, 2.05) is 38.1 Å². The average Bonchev–Trinajstić information content (AvgIpc) is 3.25. The van der Waals surface area contributed by atoms with Gasteiger partial charge in [-0.05, 0) is 25.5 Å². The summed E-state index contributed by atoms with van der Waals surface area (Å²) in [7, 11) is -2.40.